The number of hydrogen-bond acceptors (Lipinski definition) is 6. The van der Waals surface area contributed by atoms with Crippen LogP contribution in [0.4, 0.5) is 4.79 Å². The Morgan fingerprint density at radius 1 is 1.18 bits per heavy atom. The molecule has 0 saturated carbocycles. The van der Waals surface area contributed by atoms with Crippen LogP contribution in [0.5, 0.6) is 0 Å². The quantitative estimate of drug-likeness (QED) is 0.536. The summed E-state index contributed by atoms with van der Waals surface area (Å²) < 4.78 is 4.92. The fraction of sp³-hybridized carbons (Fsp3) is 0.467. The Hall–Kier alpha value is -1.96. The molecule has 4 N–H and O–H groups in total. The fourth-order valence-electron chi connectivity index (χ4n) is 1.69. The third-order valence-corrected chi connectivity index (χ3v) is 3.06. The van der Waals surface area contributed by atoms with Gasteiger partial charge < -0.3 is 25.4 Å². The van der Waals surface area contributed by atoms with Crippen LogP contribution in [0.3, 0.4) is 0 Å². The Kier molecular flexibility index (Phi) is 7.51. The first-order valence-corrected chi connectivity index (χ1v) is 6.97. The second-order valence-electron chi connectivity index (χ2n) is 4.77. The van der Waals surface area contributed by atoms with Crippen LogP contribution in [0.1, 0.15) is 18.9 Å². The van der Waals surface area contributed by atoms with E-state index in [0.717, 1.165) is 5.56 Å². The van der Waals surface area contributed by atoms with E-state index in [1.54, 1.807) is 12.1 Å². The smallest absolute Gasteiger partial charge is 0.407 e. The van der Waals surface area contributed by atoms with Crippen molar-refractivity contribution >= 4 is 11.9 Å². The van der Waals surface area contributed by atoms with E-state index in [1.165, 1.54) is 6.92 Å². The van der Waals surface area contributed by atoms with Gasteiger partial charge >= 0.3 is 6.09 Å². The fourth-order valence-corrected chi connectivity index (χ4v) is 1.69. The summed E-state index contributed by atoms with van der Waals surface area (Å²) in [6.45, 7) is 1.26. The minimum absolute atomic E-state index is 0.0392. The number of aliphatic hydroxyl groups excluding tert-OH is 3. The van der Waals surface area contributed by atoms with Gasteiger partial charge in [0.2, 0.25) is 0 Å². The summed E-state index contributed by atoms with van der Waals surface area (Å²) in [7, 11) is 0. The van der Waals surface area contributed by atoms with Crippen molar-refractivity contribution in [3.8, 4) is 0 Å². The number of benzene rings is 1. The average molecular weight is 311 g/mol. The lowest BCUT2D eigenvalue weighted by atomic mass is 10.0. The first kappa shape index (κ1) is 18.1. The van der Waals surface area contributed by atoms with Gasteiger partial charge in [0.25, 0.3) is 0 Å². The van der Waals surface area contributed by atoms with E-state index in [4.69, 9.17) is 4.74 Å². The monoisotopic (exact) mass is 311 g/mol. The van der Waals surface area contributed by atoms with Crippen LogP contribution in [0.2, 0.25) is 0 Å². The third kappa shape index (κ3) is 5.80. The van der Waals surface area contributed by atoms with Crippen molar-refractivity contribution < 1.29 is 29.6 Å². The summed E-state index contributed by atoms with van der Waals surface area (Å²) in [4.78, 5) is 22.7. The lowest BCUT2D eigenvalue weighted by Crippen LogP contribution is -2.47. The van der Waals surface area contributed by atoms with Crippen LogP contribution in [-0.4, -0.2) is 52.1 Å². The summed E-state index contributed by atoms with van der Waals surface area (Å²) in [6.07, 6.45) is -5.55. The van der Waals surface area contributed by atoms with Crippen LogP contribution in [0.15, 0.2) is 30.3 Å². The number of Topliss-reactive ketones (excluding diaryl/α,β-unsaturated/α-hetero) is 1. The number of amides is 1. The molecule has 0 fully saturated rings. The Morgan fingerprint density at radius 2 is 1.82 bits per heavy atom. The van der Waals surface area contributed by atoms with Gasteiger partial charge in [-0.15, -0.1) is 0 Å². The second-order valence-corrected chi connectivity index (χ2v) is 4.77. The predicted octanol–water partition coefficient (Wildman–Crippen LogP) is -0.0254. The molecule has 0 radical (unpaired) electrons. The predicted molar refractivity (Wildman–Crippen MR) is 77.9 cm³/mol. The number of aliphatic hydroxyl groups is 3. The van der Waals surface area contributed by atoms with Crippen LogP contribution in [0, 0.1) is 0 Å². The highest BCUT2D eigenvalue weighted by molar-refractivity contribution is 5.83. The Labute approximate surface area is 128 Å². The van der Waals surface area contributed by atoms with Crippen LogP contribution in [0.25, 0.3) is 0 Å². The van der Waals surface area contributed by atoms with Gasteiger partial charge in [0.15, 0.2) is 5.78 Å². The second kappa shape index (κ2) is 9.14. The van der Waals surface area contributed by atoms with Crippen molar-refractivity contribution in [3.63, 3.8) is 0 Å². The van der Waals surface area contributed by atoms with Crippen LogP contribution >= 0.6 is 0 Å². The SMILES string of the molecule is CCC(=O)[C@@H](O)[C@H](O)C(O)CNC(=O)OCc1ccccc1. The van der Waals surface area contributed by atoms with Crippen LogP contribution < -0.4 is 5.32 Å². The van der Waals surface area contributed by atoms with Crippen LogP contribution in [-0.2, 0) is 16.1 Å². The first-order valence-electron chi connectivity index (χ1n) is 6.97. The molecular weight excluding hydrogens is 290 g/mol. The highest BCUT2D eigenvalue weighted by Crippen LogP contribution is 2.04. The number of nitrogens with one attached hydrogen (secondary N) is 1. The van der Waals surface area contributed by atoms with E-state index in [-0.39, 0.29) is 19.6 Å². The van der Waals surface area contributed by atoms with Gasteiger partial charge in [-0.2, -0.15) is 0 Å². The molecule has 1 aromatic rings. The molecule has 0 heterocycles. The molecule has 22 heavy (non-hydrogen) atoms. The summed E-state index contributed by atoms with van der Waals surface area (Å²) in [6, 6.07) is 9.03. The van der Waals surface area contributed by atoms with Crippen molar-refractivity contribution in [2.75, 3.05) is 6.54 Å². The lowest BCUT2D eigenvalue weighted by Gasteiger charge is -2.21. The molecule has 7 heteroatoms. The molecule has 0 bridgehead atoms. The van der Waals surface area contributed by atoms with Gasteiger partial charge in [-0.25, -0.2) is 4.79 Å². The molecule has 122 valence electrons. The zero-order chi connectivity index (χ0) is 16.5. The van der Waals surface area contributed by atoms with Crippen molar-refractivity contribution in [1.82, 2.24) is 5.32 Å². The van der Waals surface area contributed by atoms with E-state index in [2.05, 4.69) is 5.32 Å². The number of carbonyl (C=O) groups is 2. The van der Waals surface area contributed by atoms with E-state index in [9.17, 15) is 24.9 Å². The molecule has 0 aliphatic carbocycles. The largest absolute Gasteiger partial charge is 0.445 e. The molecule has 0 aliphatic heterocycles. The molecule has 1 rings (SSSR count). The van der Waals surface area contributed by atoms with Crippen molar-refractivity contribution in [3.05, 3.63) is 35.9 Å². The average Bonchev–Trinajstić information content (AvgIpc) is 2.56. The van der Waals surface area contributed by atoms with Crippen molar-refractivity contribution in [2.24, 2.45) is 0 Å². The number of carbonyl (C=O) groups excluding carboxylic acids is 2. The maximum absolute atomic E-state index is 11.4. The topological polar surface area (TPSA) is 116 Å². The number of ether oxygens (including phenoxy) is 1. The number of alkyl carbamates (subject to hydrolysis) is 1. The van der Waals surface area contributed by atoms with Gasteiger partial charge in [-0.1, -0.05) is 37.3 Å². The number of ketones is 1. The minimum atomic E-state index is -1.68. The molecule has 0 saturated heterocycles. The molecule has 1 aromatic carbocycles. The zero-order valence-corrected chi connectivity index (χ0v) is 12.3. The van der Waals surface area contributed by atoms with Gasteiger partial charge in [-0.05, 0) is 5.56 Å². The van der Waals surface area contributed by atoms with Crippen molar-refractivity contribution in [2.45, 2.75) is 38.3 Å². The normalized spacial score (nSPS) is 14.7. The molecule has 0 spiro atoms. The highest BCUT2D eigenvalue weighted by atomic mass is 16.5. The first-order chi connectivity index (χ1) is 10.5. The van der Waals surface area contributed by atoms with Crippen molar-refractivity contribution in [1.29, 1.82) is 0 Å². The minimum Gasteiger partial charge on any atom is -0.445 e. The maximum atomic E-state index is 11.4. The maximum Gasteiger partial charge on any atom is 0.407 e. The standard InChI is InChI=1S/C15H21NO6/c1-2-11(17)13(19)14(20)12(18)8-16-15(21)22-9-10-6-4-3-5-7-10/h3-7,12-14,18-20H,2,8-9H2,1H3,(H,16,21)/t12?,13-,14-/m1/s1. The molecule has 3 atom stereocenters. The Bertz CT molecular complexity index is 478. The number of rotatable bonds is 8. The Morgan fingerprint density at radius 3 is 2.41 bits per heavy atom. The van der Waals surface area contributed by atoms with Gasteiger partial charge in [0.05, 0.1) is 0 Å². The van der Waals surface area contributed by atoms with E-state index in [1.807, 2.05) is 18.2 Å². The zero-order valence-electron chi connectivity index (χ0n) is 12.3. The van der Waals surface area contributed by atoms with E-state index < -0.39 is 30.2 Å². The molecule has 1 amide bonds. The van der Waals surface area contributed by atoms with Gasteiger partial charge in [0, 0.05) is 13.0 Å². The Balaban J connectivity index is 2.32. The third-order valence-electron chi connectivity index (χ3n) is 3.06. The molecule has 0 aromatic heterocycles. The molecule has 0 aliphatic rings. The summed E-state index contributed by atoms with van der Waals surface area (Å²) >= 11 is 0. The lowest BCUT2D eigenvalue weighted by molar-refractivity contribution is -0.137. The van der Waals surface area contributed by atoms with E-state index in [0.29, 0.717) is 0 Å². The summed E-state index contributed by atoms with van der Waals surface area (Å²) in [5.74, 6) is -0.585. The van der Waals surface area contributed by atoms with E-state index >= 15 is 0 Å². The number of hydrogen-bond donors (Lipinski definition) is 4. The molecule has 7 nitrogen and oxygen atoms in total. The highest BCUT2D eigenvalue weighted by Gasteiger charge is 2.29. The summed E-state index contributed by atoms with van der Waals surface area (Å²) in [5.41, 5.74) is 0.808. The molecule has 1 unspecified atom stereocenters. The van der Waals surface area contributed by atoms with Gasteiger partial charge in [-0.3, -0.25) is 4.79 Å². The van der Waals surface area contributed by atoms with Gasteiger partial charge in [0.1, 0.15) is 24.9 Å². The molecular formula is C15H21NO6. The summed E-state index contributed by atoms with van der Waals surface area (Å²) in [5, 5.41) is 31.0.